The summed E-state index contributed by atoms with van der Waals surface area (Å²) < 4.78 is 1.82. The Labute approximate surface area is 176 Å². The van der Waals surface area contributed by atoms with Crippen molar-refractivity contribution in [3.63, 3.8) is 0 Å². The highest BCUT2D eigenvalue weighted by Crippen LogP contribution is 2.22. The number of rotatable bonds is 5. The van der Waals surface area contributed by atoms with Gasteiger partial charge in [-0.15, -0.1) is 5.10 Å². The number of anilines is 1. The Balaban J connectivity index is 1.40. The quantitative estimate of drug-likeness (QED) is 0.553. The molecule has 30 heavy (non-hydrogen) atoms. The Morgan fingerprint density at radius 1 is 0.900 bits per heavy atom. The van der Waals surface area contributed by atoms with E-state index in [1.54, 1.807) is 11.2 Å². The van der Waals surface area contributed by atoms with E-state index < -0.39 is 0 Å². The van der Waals surface area contributed by atoms with Crippen molar-refractivity contribution in [1.82, 2.24) is 25.0 Å². The molecule has 7 nitrogen and oxygen atoms in total. The van der Waals surface area contributed by atoms with Crippen LogP contribution in [0.1, 0.15) is 24.1 Å². The summed E-state index contributed by atoms with van der Waals surface area (Å²) in [5.74, 6) is 0.898. The van der Waals surface area contributed by atoms with Crippen molar-refractivity contribution in [3.05, 3.63) is 78.1 Å². The smallest absolute Gasteiger partial charge is 0.183 e. The van der Waals surface area contributed by atoms with E-state index in [1.807, 2.05) is 11.6 Å². The molecule has 0 atom stereocenters. The maximum absolute atomic E-state index is 4.55. The van der Waals surface area contributed by atoms with Crippen LogP contribution >= 0.6 is 0 Å². The molecule has 1 N–H and O–H groups in total. The zero-order valence-electron chi connectivity index (χ0n) is 17.1. The van der Waals surface area contributed by atoms with Gasteiger partial charge in [0.05, 0.1) is 26.2 Å². The molecule has 1 saturated heterocycles. The van der Waals surface area contributed by atoms with Crippen molar-refractivity contribution in [3.8, 4) is 0 Å². The minimum atomic E-state index is 0.334. The van der Waals surface area contributed by atoms with Crippen LogP contribution in [0.4, 0.5) is 5.82 Å². The Morgan fingerprint density at radius 3 is 2.13 bits per heavy atom. The van der Waals surface area contributed by atoms with Crippen LogP contribution in [-0.4, -0.2) is 51.1 Å². The predicted molar refractivity (Wildman–Crippen MR) is 116 cm³/mol. The molecule has 3 heterocycles. The van der Waals surface area contributed by atoms with E-state index >= 15 is 0 Å². The molecular weight excluding hydrogens is 374 g/mol. The number of quaternary nitrogens is 1. The third-order valence-corrected chi connectivity index (χ3v) is 5.96. The number of nitrogens with one attached hydrogen (secondary N) is 1. The minimum absolute atomic E-state index is 0.334. The van der Waals surface area contributed by atoms with Gasteiger partial charge in [-0.05, 0) is 6.92 Å². The topological polar surface area (TPSA) is 64.2 Å². The Kier molecular flexibility index (Phi) is 5.11. The van der Waals surface area contributed by atoms with Gasteiger partial charge in [0.1, 0.15) is 12.4 Å². The van der Waals surface area contributed by atoms with E-state index in [9.17, 15) is 0 Å². The third kappa shape index (κ3) is 3.41. The van der Waals surface area contributed by atoms with Crippen LogP contribution in [0.25, 0.3) is 11.2 Å². The van der Waals surface area contributed by atoms with Crippen LogP contribution in [0.15, 0.2) is 67.0 Å². The zero-order chi connectivity index (χ0) is 20.3. The normalized spacial score (nSPS) is 15.2. The molecule has 0 radical (unpaired) electrons. The molecule has 2 aromatic heterocycles. The first-order valence-corrected chi connectivity index (χ1v) is 10.6. The standard InChI is InChI=1S/C23H25N7/c1-2-30-23-20(26-27-30)22(24-17-25-23)29-15-13-28(14-16-29)21(18-9-5-3-6-10-18)19-11-7-4-8-12-19/h3-12,17,21H,2,13-16H2,1H3/p+1. The summed E-state index contributed by atoms with van der Waals surface area (Å²) >= 11 is 0. The molecule has 0 amide bonds. The second-order valence-corrected chi connectivity index (χ2v) is 7.67. The van der Waals surface area contributed by atoms with Crippen molar-refractivity contribution < 1.29 is 4.90 Å². The molecule has 4 aromatic rings. The molecule has 152 valence electrons. The zero-order valence-corrected chi connectivity index (χ0v) is 17.1. The first-order valence-electron chi connectivity index (χ1n) is 10.6. The summed E-state index contributed by atoms with van der Waals surface area (Å²) in [7, 11) is 0. The fourth-order valence-corrected chi connectivity index (χ4v) is 4.47. The molecule has 5 rings (SSSR count). The molecule has 1 aliphatic rings. The monoisotopic (exact) mass is 400 g/mol. The molecule has 7 heteroatoms. The van der Waals surface area contributed by atoms with Gasteiger partial charge in [-0.25, -0.2) is 14.6 Å². The summed E-state index contributed by atoms with van der Waals surface area (Å²) in [6.07, 6.45) is 1.63. The number of benzene rings is 2. The Hall–Kier alpha value is -3.32. The van der Waals surface area contributed by atoms with Crippen LogP contribution in [0.5, 0.6) is 0 Å². The minimum Gasteiger partial charge on any atom is -0.343 e. The average Bonchev–Trinajstić information content (AvgIpc) is 3.25. The SMILES string of the molecule is CCn1nnc2c(N3CC[NH+](C(c4ccccc4)c4ccccc4)CC3)ncnc21. The van der Waals surface area contributed by atoms with Crippen LogP contribution < -0.4 is 9.80 Å². The molecule has 0 bridgehead atoms. The van der Waals surface area contributed by atoms with Crippen molar-refractivity contribution in [2.45, 2.75) is 19.5 Å². The number of hydrogen-bond acceptors (Lipinski definition) is 5. The summed E-state index contributed by atoms with van der Waals surface area (Å²) in [4.78, 5) is 12.8. The number of fused-ring (bicyclic) bond motifs is 1. The molecule has 1 fully saturated rings. The number of aryl methyl sites for hydroxylation is 1. The number of piperazine rings is 1. The summed E-state index contributed by atoms with van der Waals surface area (Å²) in [6.45, 7) is 6.71. The lowest BCUT2D eigenvalue weighted by Gasteiger charge is -2.37. The van der Waals surface area contributed by atoms with Crippen molar-refractivity contribution in [2.75, 3.05) is 31.1 Å². The highest BCUT2D eigenvalue weighted by atomic mass is 15.4. The van der Waals surface area contributed by atoms with Crippen LogP contribution in [-0.2, 0) is 6.54 Å². The van der Waals surface area contributed by atoms with E-state index in [1.165, 1.54) is 11.1 Å². The van der Waals surface area contributed by atoms with Gasteiger partial charge < -0.3 is 9.80 Å². The first-order chi connectivity index (χ1) is 14.8. The van der Waals surface area contributed by atoms with Gasteiger partial charge in [-0.2, -0.15) is 0 Å². The number of nitrogens with zero attached hydrogens (tertiary/aromatic N) is 6. The van der Waals surface area contributed by atoms with Gasteiger partial charge in [0, 0.05) is 17.7 Å². The highest BCUT2D eigenvalue weighted by Gasteiger charge is 2.31. The fraction of sp³-hybridized carbons (Fsp3) is 0.304. The Morgan fingerprint density at radius 2 is 1.53 bits per heavy atom. The molecule has 1 aliphatic heterocycles. The van der Waals surface area contributed by atoms with Crippen LogP contribution in [0.3, 0.4) is 0 Å². The lowest BCUT2D eigenvalue weighted by molar-refractivity contribution is -0.926. The van der Waals surface area contributed by atoms with E-state index in [0.29, 0.717) is 6.04 Å². The van der Waals surface area contributed by atoms with Gasteiger partial charge >= 0.3 is 0 Å². The van der Waals surface area contributed by atoms with Gasteiger partial charge in [0.25, 0.3) is 0 Å². The van der Waals surface area contributed by atoms with Crippen LogP contribution in [0, 0.1) is 0 Å². The molecule has 0 aliphatic carbocycles. The van der Waals surface area contributed by atoms with E-state index in [-0.39, 0.29) is 0 Å². The second kappa shape index (κ2) is 8.20. The summed E-state index contributed by atoms with van der Waals surface area (Å²) in [5.41, 5.74) is 4.33. The van der Waals surface area contributed by atoms with Crippen molar-refractivity contribution in [2.24, 2.45) is 0 Å². The predicted octanol–water partition coefficient (Wildman–Crippen LogP) is 1.74. The third-order valence-electron chi connectivity index (χ3n) is 5.96. The molecule has 0 saturated carbocycles. The largest absolute Gasteiger partial charge is 0.343 e. The van der Waals surface area contributed by atoms with Gasteiger partial charge in [-0.3, -0.25) is 0 Å². The first kappa shape index (κ1) is 18.7. The average molecular weight is 401 g/mol. The van der Waals surface area contributed by atoms with Gasteiger partial charge in [0.2, 0.25) is 0 Å². The lowest BCUT2D eigenvalue weighted by atomic mass is 9.96. The van der Waals surface area contributed by atoms with E-state index in [0.717, 1.165) is 49.7 Å². The van der Waals surface area contributed by atoms with Gasteiger partial charge in [0.15, 0.2) is 17.0 Å². The van der Waals surface area contributed by atoms with Crippen molar-refractivity contribution >= 4 is 17.0 Å². The molecule has 2 aromatic carbocycles. The molecule has 0 spiro atoms. The number of hydrogen-bond donors (Lipinski definition) is 1. The maximum Gasteiger partial charge on any atom is 0.183 e. The second-order valence-electron chi connectivity index (χ2n) is 7.67. The van der Waals surface area contributed by atoms with Crippen molar-refractivity contribution in [1.29, 1.82) is 0 Å². The molecule has 0 unspecified atom stereocenters. The fourth-order valence-electron chi connectivity index (χ4n) is 4.47. The molecular formula is C23H26N7+. The number of aromatic nitrogens is 5. The maximum atomic E-state index is 4.55. The van der Waals surface area contributed by atoms with Crippen LogP contribution in [0.2, 0.25) is 0 Å². The highest BCUT2D eigenvalue weighted by molar-refractivity contribution is 5.82. The summed E-state index contributed by atoms with van der Waals surface area (Å²) in [6, 6.07) is 22.0. The van der Waals surface area contributed by atoms with Gasteiger partial charge in [-0.1, -0.05) is 65.9 Å². The summed E-state index contributed by atoms with van der Waals surface area (Å²) in [5, 5.41) is 8.58. The van der Waals surface area contributed by atoms with E-state index in [2.05, 4.69) is 85.8 Å². The Bertz CT molecular complexity index is 1060. The van der Waals surface area contributed by atoms with E-state index in [4.69, 9.17) is 0 Å². The lowest BCUT2D eigenvalue weighted by Crippen LogP contribution is -3.15.